The number of hydrogen-bond acceptors (Lipinski definition) is 4. The summed E-state index contributed by atoms with van der Waals surface area (Å²) in [5, 5.41) is 2.32. The Morgan fingerprint density at radius 3 is 2.19 bits per heavy atom. The summed E-state index contributed by atoms with van der Waals surface area (Å²) in [6.07, 6.45) is 0. The maximum absolute atomic E-state index is 13.2. The molecule has 0 aliphatic heterocycles. The molecule has 0 saturated carbocycles. The zero-order valence-corrected chi connectivity index (χ0v) is 15.4. The number of carbonyl (C=O) groups is 1. The molecule has 0 fully saturated rings. The molecule has 5 nitrogen and oxygen atoms in total. The van der Waals surface area contributed by atoms with Crippen LogP contribution in [-0.4, -0.2) is 15.6 Å². The topological polar surface area (TPSA) is 64.0 Å². The SMILES string of the molecule is Cc1nc2sccc2c(=O)n1NC(=O)C(c1ccccc1)c1ccccc1. The molecule has 27 heavy (non-hydrogen) atoms. The van der Waals surface area contributed by atoms with Crippen LogP contribution in [0.3, 0.4) is 0 Å². The van der Waals surface area contributed by atoms with E-state index in [1.807, 2.05) is 66.0 Å². The van der Waals surface area contributed by atoms with E-state index in [-0.39, 0.29) is 11.5 Å². The van der Waals surface area contributed by atoms with Gasteiger partial charge in [0.1, 0.15) is 10.7 Å². The van der Waals surface area contributed by atoms with E-state index < -0.39 is 5.92 Å². The molecule has 4 aromatic rings. The molecule has 0 unspecified atom stereocenters. The predicted octanol–water partition coefficient (Wildman–Crippen LogP) is 3.67. The van der Waals surface area contributed by atoms with Crippen LogP contribution in [0.1, 0.15) is 22.9 Å². The van der Waals surface area contributed by atoms with Gasteiger partial charge in [0.15, 0.2) is 0 Å². The maximum atomic E-state index is 13.2. The third kappa shape index (κ3) is 3.27. The van der Waals surface area contributed by atoms with Gasteiger partial charge in [-0.2, -0.15) is 0 Å². The molecule has 0 atom stereocenters. The van der Waals surface area contributed by atoms with Gasteiger partial charge < -0.3 is 0 Å². The Morgan fingerprint density at radius 2 is 1.59 bits per heavy atom. The second kappa shape index (κ2) is 7.17. The van der Waals surface area contributed by atoms with Crippen LogP contribution in [0.25, 0.3) is 10.2 Å². The van der Waals surface area contributed by atoms with E-state index in [1.54, 1.807) is 13.0 Å². The van der Waals surface area contributed by atoms with Crippen molar-refractivity contribution in [2.75, 3.05) is 5.43 Å². The van der Waals surface area contributed by atoms with Gasteiger partial charge in [-0.3, -0.25) is 15.0 Å². The molecule has 0 aliphatic rings. The second-order valence-corrected chi connectivity index (χ2v) is 7.06. The molecular weight excluding hydrogens is 358 g/mol. The molecule has 0 saturated heterocycles. The lowest BCUT2D eigenvalue weighted by atomic mass is 9.91. The summed E-state index contributed by atoms with van der Waals surface area (Å²) in [4.78, 5) is 31.0. The summed E-state index contributed by atoms with van der Waals surface area (Å²) in [5.41, 5.74) is 4.21. The molecule has 2 heterocycles. The highest BCUT2D eigenvalue weighted by atomic mass is 32.1. The van der Waals surface area contributed by atoms with Crippen LogP contribution >= 0.6 is 11.3 Å². The van der Waals surface area contributed by atoms with Gasteiger partial charge in [0, 0.05) is 0 Å². The summed E-state index contributed by atoms with van der Waals surface area (Å²) in [7, 11) is 0. The summed E-state index contributed by atoms with van der Waals surface area (Å²) >= 11 is 1.41. The largest absolute Gasteiger partial charge is 0.281 e. The Hall–Kier alpha value is -3.25. The summed E-state index contributed by atoms with van der Waals surface area (Å²) in [6.45, 7) is 1.71. The Labute approximate surface area is 159 Å². The standard InChI is InChI=1S/C21H17N3O2S/c1-14-22-20-17(12-13-27-20)21(26)24(14)23-19(25)18(15-8-4-2-5-9-15)16-10-6-3-7-11-16/h2-13,18H,1H3,(H,23,25). The minimum atomic E-state index is -0.531. The van der Waals surface area contributed by atoms with Crippen molar-refractivity contribution in [3.05, 3.63) is 99.4 Å². The number of aromatic nitrogens is 2. The molecule has 134 valence electrons. The van der Waals surface area contributed by atoms with Crippen LogP contribution in [0.4, 0.5) is 0 Å². The zero-order valence-electron chi connectivity index (χ0n) is 14.6. The highest BCUT2D eigenvalue weighted by molar-refractivity contribution is 7.16. The van der Waals surface area contributed by atoms with Crippen LogP contribution in [0, 0.1) is 6.92 Å². The Balaban J connectivity index is 1.76. The minimum Gasteiger partial charge on any atom is -0.272 e. The fraction of sp³-hybridized carbons (Fsp3) is 0.0952. The molecule has 0 bridgehead atoms. The number of hydrogen-bond donors (Lipinski definition) is 1. The molecule has 0 spiro atoms. The van der Waals surface area contributed by atoms with Gasteiger partial charge >= 0.3 is 0 Å². The van der Waals surface area contributed by atoms with Gasteiger partial charge in [0.25, 0.3) is 11.5 Å². The third-order valence-corrected chi connectivity index (χ3v) is 5.22. The number of nitrogens with one attached hydrogen (secondary N) is 1. The molecule has 1 amide bonds. The normalized spacial score (nSPS) is 11.0. The van der Waals surface area contributed by atoms with E-state index in [0.717, 1.165) is 11.1 Å². The van der Waals surface area contributed by atoms with Gasteiger partial charge in [0.05, 0.1) is 11.3 Å². The van der Waals surface area contributed by atoms with Crippen molar-refractivity contribution in [2.24, 2.45) is 0 Å². The molecule has 1 N–H and O–H groups in total. The average Bonchev–Trinajstić information content (AvgIpc) is 3.15. The Morgan fingerprint density at radius 1 is 1.00 bits per heavy atom. The van der Waals surface area contributed by atoms with Gasteiger partial charge in [-0.1, -0.05) is 60.7 Å². The van der Waals surface area contributed by atoms with Crippen molar-refractivity contribution in [1.29, 1.82) is 0 Å². The first-order valence-electron chi connectivity index (χ1n) is 8.53. The van der Waals surface area contributed by atoms with E-state index in [2.05, 4.69) is 10.4 Å². The number of fused-ring (bicyclic) bond motifs is 1. The summed E-state index contributed by atoms with van der Waals surface area (Å²) < 4.78 is 1.23. The molecule has 2 aromatic heterocycles. The fourth-order valence-electron chi connectivity index (χ4n) is 3.11. The van der Waals surface area contributed by atoms with Gasteiger partial charge in [-0.15, -0.1) is 11.3 Å². The van der Waals surface area contributed by atoms with Crippen molar-refractivity contribution in [3.63, 3.8) is 0 Å². The lowest BCUT2D eigenvalue weighted by Gasteiger charge is -2.19. The maximum Gasteiger partial charge on any atom is 0.281 e. The Bertz CT molecular complexity index is 1110. The van der Waals surface area contributed by atoms with E-state index in [9.17, 15) is 9.59 Å². The molecule has 4 rings (SSSR count). The quantitative estimate of drug-likeness (QED) is 0.592. The third-order valence-electron chi connectivity index (χ3n) is 4.42. The van der Waals surface area contributed by atoms with Crippen LogP contribution in [0.5, 0.6) is 0 Å². The van der Waals surface area contributed by atoms with Gasteiger partial charge in [0.2, 0.25) is 0 Å². The number of aryl methyl sites for hydroxylation is 1. The molecule has 2 aromatic carbocycles. The summed E-state index contributed by atoms with van der Waals surface area (Å²) in [5.74, 6) is -0.367. The van der Waals surface area contributed by atoms with Crippen LogP contribution in [0.15, 0.2) is 76.9 Å². The number of rotatable bonds is 4. The van der Waals surface area contributed by atoms with Crippen LogP contribution in [0.2, 0.25) is 0 Å². The highest BCUT2D eigenvalue weighted by Crippen LogP contribution is 2.25. The van der Waals surface area contributed by atoms with Crippen LogP contribution in [-0.2, 0) is 4.79 Å². The minimum absolute atomic E-state index is 0.271. The average molecular weight is 375 g/mol. The first-order chi connectivity index (χ1) is 13.1. The first-order valence-corrected chi connectivity index (χ1v) is 9.41. The monoisotopic (exact) mass is 375 g/mol. The van der Waals surface area contributed by atoms with Crippen molar-refractivity contribution in [1.82, 2.24) is 9.66 Å². The zero-order chi connectivity index (χ0) is 18.8. The van der Waals surface area contributed by atoms with E-state index in [0.29, 0.717) is 16.0 Å². The molecule has 0 radical (unpaired) electrons. The predicted molar refractivity (Wildman–Crippen MR) is 108 cm³/mol. The fourth-order valence-corrected chi connectivity index (χ4v) is 3.91. The van der Waals surface area contributed by atoms with E-state index in [1.165, 1.54) is 16.0 Å². The van der Waals surface area contributed by atoms with Crippen molar-refractivity contribution in [2.45, 2.75) is 12.8 Å². The van der Waals surface area contributed by atoms with Crippen molar-refractivity contribution >= 4 is 27.5 Å². The van der Waals surface area contributed by atoms with Crippen molar-refractivity contribution in [3.8, 4) is 0 Å². The molecule has 6 heteroatoms. The smallest absolute Gasteiger partial charge is 0.272 e. The second-order valence-electron chi connectivity index (χ2n) is 6.17. The molecule has 0 aliphatic carbocycles. The number of carbonyl (C=O) groups excluding carboxylic acids is 1. The number of amides is 1. The number of nitrogens with zero attached hydrogens (tertiary/aromatic N) is 2. The molecular formula is C21H17N3O2S. The van der Waals surface area contributed by atoms with Gasteiger partial charge in [-0.05, 0) is 29.5 Å². The van der Waals surface area contributed by atoms with Crippen LogP contribution < -0.4 is 11.0 Å². The number of benzene rings is 2. The lowest BCUT2D eigenvalue weighted by Crippen LogP contribution is -2.38. The van der Waals surface area contributed by atoms with Crippen molar-refractivity contribution < 1.29 is 4.79 Å². The van der Waals surface area contributed by atoms with E-state index in [4.69, 9.17) is 0 Å². The highest BCUT2D eigenvalue weighted by Gasteiger charge is 2.24. The summed E-state index contributed by atoms with van der Waals surface area (Å²) in [6, 6.07) is 20.8. The first kappa shape index (κ1) is 17.2. The Kier molecular flexibility index (Phi) is 4.56. The lowest BCUT2D eigenvalue weighted by molar-refractivity contribution is -0.117. The number of thiophene rings is 1. The van der Waals surface area contributed by atoms with Gasteiger partial charge in [-0.25, -0.2) is 9.66 Å². The van der Waals surface area contributed by atoms with E-state index >= 15 is 0 Å².